The van der Waals surface area contributed by atoms with Crippen molar-refractivity contribution >= 4 is 57.3 Å². The van der Waals surface area contributed by atoms with E-state index in [1.807, 2.05) is 62.4 Å². The molecule has 0 aliphatic carbocycles. The molecule has 0 spiro atoms. The Kier molecular flexibility index (Phi) is 5.51. The maximum atomic E-state index is 9.62. The van der Waals surface area contributed by atoms with Crippen molar-refractivity contribution in [1.29, 1.82) is 10.5 Å². The van der Waals surface area contributed by atoms with Crippen molar-refractivity contribution in [2.24, 2.45) is 0 Å². The van der Waals surface area contributed by atoms with Gasteiger partial charge in [-0.05, 0) is 50.2 Å². The fourth-order valence-corrected chi connectivity index (χ4v) is 4.50. The molecule has 10 nitrogen and oxygen atoms in total. The Morgan fingerprint density at radius 2 is 0.950 bits per heavy atom. The topological polar surface area (TPSA) is 114 Å². The second-order valence-electron chi connectivity index (χ2n) is 9.06. The van der Waals surface area contributed by atoms with Crippen molar-refractivity contribution in [2.75, 3.05) is 9.80 Å². The van der Waals surface area contributed by atoms with Crippen LogP contribution in [0.3, 0.4) is 0 Å². The maximum absolute atomic E-state index is 9.62. The maximum Gasteiger partial charge on any atom is 0.300 e. The second kappa shape index (κ2) is 9.19. The van der Waals surface area contributed by atoms with Crippen LogP contribution >= 0.6 is 0 Å². The third-order valence-electron chi connectivity index (χ3n) is 6.48. The molecule has 0 amide bonds. The standard InChI is InChI=1S/C30H16N10/c1-17-5-9-21(10-6-17)39-27-28(36-24-14-20(16-32)19(15-31)13-23(24)35-27)40(22-11-7-18(2)8-12-22)30-29(39)37-25(33-3)26(34-4)38-30/h5-14H,1-2H3. The van der Waals surface area contributed by atoms with E-state index in [-0.39, 0.29) is 22.8 Å². The van der Waals surface area contributed by atoms with Crippen LogP contribution in [0, 0.1) is 49.7 Å². The minimum Gasteiger partial charge on any atom is -0.370 e. The summed E-state index contributed by atoms with van der Waals surface area (Å²) in [5.74, 6) is 1.13. The van der Waals surface area contributed by atoms with Crippen molar-refractivity contribution in [3.05, 3.63) is 106 Å². The first kappa shape index (κ1) is 24.0. The molecule has 0 fully saturated rings. The van der Waals surface area contributed by atoms with Crippen LogP contribution in [0.5, 0.6) is 0 Å². The lowest BCUT2D eigenvalue weighted by Crippen LogP contribution is -2.28. The number of hydrogen-bond donors (Lipinski definition) is 0. The number of rotatable bonds is 2. The molecule has 2 aromatic heterocycles. The minimum atomic E-state index is -0.127. The molecule has 0 saturated carbocycles. The molecule has 0 bridgehead atoms. The number of nitriles is 2. The third kappa shape index (κ3) is 3.70. The number of aromatic nitrogens is 4. The highest BCUT2D eigenvalue weighted by Crippen LogP contribution is 2.52. The molecule has 0 unspecified atom stereocenters. The van der Waals surface area contributed by atoms with Crippen molar-refractivity contribution < 1.29 is 0 Å². The van der Waals surface area contributed by atoms with Gasteiger partial charge in [-0.25, -0.2) is 9.97 Å². The summed E-state index contributed by atoms with van der Waals surface area (Å²) in [5.41, 5.74) is 4.69. The fraction of sp³-hybridized carbons (Fsp3) is 0.0667. The Bertz CT molecular complexity index is 1870. The summed E-state index contributed by atoms with van der Waals surface area (Å²) in [6, 6.07) is 22.6. The second-order valence-corrected chi connectivity index (χ2v) is 9.06. The number of hydrogen-bond acceptors (Lipinski definition) is 8. The van der Waals surface area contributed by atoms with Crippen LogP contribution in [0.2, 0.25) is 0 Å². The van der Waals surface area contributed by atoms with E-state index in [9.17, 15) is 10.5 Å². The fourth-order valence-electron chi connectivity index (χ4n) is 4.50. The number of benzene rings is 3. The minimum absolute atomic E-state index is 0.127. The molecular formula is C30H16N10. The van der Waals surface area contributed by atoms with E-state index in [1.54, 1.807) is 21.9 Å². The molecule has 10 heteroatoms. The zero-order valence-electron chi connectivity index (χ0n) is 21.2. The molecule has 6 rings (SSSR count). The highest BCUT2D eigenvalue weighted by atomic mass is 15.4. The van der Waals surface area contributed by atoms with Crippen LogP contribution in [0.15, 0.2) is 60.7 Å². The van der Waals surface area contributed by atoms with E-state index < -0.39 is 0 Å². The van der Waals surface area contributed by atoms with Crippen molar-refractivity contribution in [3.63, 3.8) is 0 Å². The summed E-state index contributed by atoms with van der Waals surface area (Å²) in [6.45, 7) is 19.2. The van der Waals surface area contributed by atoms with Crippen molar-refractivity contribution in [1.82, 2.24) is 19.9 Å². The lowest BCUT2D eigenvalue weighted by Gasteiger charge is -2.33. The average molecular weight is 517 g/mol. The van der Waals surface area contributed by atoms with Gasteiger partial charge in [0, 0.05) is 0 Å². The Labute approximate surface area is 229 Å². The summed E-state index contributed by atoms with van der Waals surface area (Å²) >= 11 is 0. The molecule has 186 valence electrons. The van der Waals surface area contributed by atoms with E-state index in [1.165, 1.54) is 0 Å². The molecule has 1 aliphatic heterocycles. The van der Waals surface area contributed by atoms with Gasteiger partial charge in [0.15, 0.2) is 11.6 Å². The van der Waals surface area contributed by atoms with Gasteiger partial charge in [-0.3, -0.25) is 9.80 Å². The van der Waals surface area contributed by atoms with Gasteiger partial charge in [-0.15, -0.1) is 9.97 Å². The van der Waals surface area contributed by atoms with E-state index in [4.69, 9.17) is 23.1 Å². The van der Waals surface area contributed by atoms with Crippen LogP contribution in [0.4, 0.5) is 46.3 Å². The SMILES string of the molecule is [C-]#[N+]c1nc2c(nc1[N+]#[C-])N(c1ccc(C)cc1)c1nc3cc(C#N)c(C#N)cc3nc1N2c1ccc(C)cc1. The molecular weight excluding hydrogens is 500 g/mol. The summed E-state index contributed by atoms with van der Waals surface area (Å²) in [5, 5.41) is 19.2. The van der Waals surface area contributed by atoms with Crippen LogP contribution < -0.4 is 9.80 Å². The Hall–Kier alpha value is -6.36. The van der Waals surface area contributed by atoms with E-state index >= 15 is 0 Å². The summed E-state index contributed by atoms with van der Waals surface area (Å²) < 4.78 is 0. The quantitative estimate of drug-likeness (QED) is 0.223. The first-order valence-electron chi connectivity index (χ1n) is 12.0. The number of aryl methyl sites for hydroxylation is 2. The monoisotopic (exact) mass is 516 g/mol. The summed E-state index contributed by atoms with van der Waals surface area (Å²) in [6.07, 6.45) is 0. The third-order valence-corrected chi connectivity index (χ3v) is 6.48. The van der Waals surface area contributed by atoms with E-state index in [0.29, 0.717) is 45.7 Å². The van der Waals surface area contributed by atoms with Crippen molar-refractivity contribution in [3.8, 4) is 12.1 Å². The normalized spacial score (nSPS) is 11.6. The van der Waals surface area contributed by atoms with Crippen LogP contribution in [-0.2, 0) is 0 Å². The Balaban J connectivity index is 1.76. The molecule has 5 aromatic rings. The van der Waals surface area contributed by atoms with Gasteiger partial charge in [0.2, 0.25) is 0 Å². The predicted octanol–water partition coefficient (Wildman–Crippen LogP) is 7.13. The molecule has 0 atom stereocenters. The Morgan fingerprint density at radius 1 is 0.600 bits per heavy atom. The molecule has 1 aliphatic rings. The van der Waals surface area contributed by atoms with Crippen LogP contribution in [0.25, 0.3) is 20.7 Å². The Morgan fingerprint density at radius 3 is 1.27 bits per heavy atom. The first-order chi connectivity index (χ1) is 19.4. The van der Waals surface area contributed by atoms with Crippen LogP contribution in [-0.4, -0.2) is 19.9 Å². The lowest BCUT2D eigenvalue weighted by molar-refractivity contribution is 1.01. The first-order valence-corrected chi connectivity index (χ1v) is 12.0. The number of anilines is 6. The molecule has 40 heavy (non-hydrogen) atoms. The average Bonchev–Trinajstić information content (AvgIpc) is 2.98. The van der Waals surface area contributed by atoms with Gasteiger partial charge in [0.1, 0.15) is 12.1 Å². The van der Waals surface area contributed by atoms with Gasteiger partial charge >= 0.3 is 11.6 Å². The summed E-state index contributed by atoms with van der Waals surface area (Å²) in [4.78, 5) is 29.5. The molecule has 3 heterocycles. The molecule has 0 N–H and O–H groups in total. The number of fused-ring (bicyclic) bond motifs is 3. The highest BCUT2D eigenvalue weighted by molar-refractivity contribution is 5.99. The molecule has 0 saturated heterocycles. The lowest BCUT2D eigenvalue weighted by atomic mass is 10.1. The van der Waals surface area contributed by atoms with E-state index in [0.717, 1.165) is 11.1 Å². The highest BCUT2D eigenvalue weighted by Gasteiger charge is 2.41. The van der Waals surface area contributed by atoms with Gasteiger partial charge < -0.3 is 9.69 Å². The molecule has 3 aromatic carbocycles. The van der Waals surface area contributed by atoms with Gasteiger partial charge in [-0.1, -0.05) is 48.5 Å². The van der Waals surface area contributed by atoms with Gasteiger partial charge in [0.25, 0.3) is 11.6 Å². The zero-order chi connectivity index (χ0) is 28.0. The number of nitrogens with zero attached hydrogens (tertiary/aromatic N) is 10. The van der Waals surface area contributed by atoms with Crippen molar-refractivity contribution in [2.45, 2.75) is 13.8 Å². The largest absolute Gasteiger partial charge is 0.370 e. The smallest absolute Gasteiger partial charge is 0.300 e. The predicted molar refractivity (Wildman–Crippen MR) is 149 cm³/mol. The summed E-state index contributed by atoms with van der Waals surface area (Å²) in [7, 11) is 0. The van der Waals surface area contributed by atoms with Gasteiger partial charge in [-0.2, -0.15) is 10.5 Å². The van der Waals surface area contributed by atoms with Crippen LogP contribution in [0.1, 0.15) is 22.3 Å². The molecule has 0 radical (unpaired) electrons. The zero-order valence-corrected chi connectivity index (χ0v) is 21.2. The van der Waals surface area contributed by atoms with E-state index in [2.05, 4.69) is 31.8 Å². The van der Waals surface area contributed by atoms with Gasteiger partial charge in [0.05, 0.1) is 33.5 Å².